The fraction of sp³-hybridized carbons (Fsp3) is 0.643. The van der Waals surface area contributed by atoms with Crippen LogP contribution in [0.3, 0.4) is 0 Å². The Morgan fingerprint density at radius 2 is 0.713 bits per heavy atom. The van der Waals surface area contributed by atoms with E-state index in [4.69, 9.17) is 28.4 Å². The first-order valence-corrected chi connectivity index (χ1v) is 31.3. The van der Waals surface area contributed by atoms with Crippen molar-refractivity contribution in [1.82, 2.24) is 19.6 Å². The number of nitrogens with zero attached hydrogens (tertiary/aromatic N) is 4. The van der Waals surface area contributed by atoms with Crippen molar-refractivity contribution in [2.75, 3.05) is 45.8 Å². The van der Waals surface area contributed by atoms with Crippen LogP contribution in [0.2, 0.25) is 0 Å². The van der Waals surface area contributed by atoms with E-state index in [1.165, 1.54) is 0 Å². The third-order valence-corrected chi connectivity index (χ3v) is 15.3. The van der Waals surface area contributed by atoms with Crippen LogP contribution >= 0.6 is 0 Å². The van der Waals surface area contributed by atoms with Gasteiger partial charge in [0.2, 0.25) is 0 Å². The first-order chi connectivity index (χ1) is 40.2. The third-order valence-electron chi connectivity index (χ3n) is 15.3. The Hall–Kier alpha value is -6.65. The summed E-state index contributed by atoms with van der Waals surface area (Å²) in [5.74, 6) is -3.55. The summed E-state index contributed by atoms with van der Waals surface area (Å²) in [6.07, 6.45) is 2.01. The van der Waals surface area contributed by atoms with Crippen LogP contribution in [0.4, 0.5) is 14.4 Å². The summed E-state index contributed by atoms with van der Waals surface area (Å²) in [6.45, 7) is 35.9. The first kappa shape index (κ1) is 69.5. The van der Waals surface area contributed by atoms with Gasteiger partial charge in [0.25, 0.3) is 5.91 Å². The molecule has 17 nitrogen and oxygen atoms in total. The molecule has 3 aromatic carbocycles. The van der Waals surface area contributed by atoms with Crippen LogP contribution in [0, 0.1) is 35.5 Å². The lowest BCUT2D eigenvalue weighted by Gasteiger charge is -2.29. The molecule has 0 bridgehead atoms. The number of hydrogen-bond donors (Lipinski definition) is 0. The average Bonchev–Trinajstić information content (AvgIpc) is 2.55. The highest BCUT2D eigenvalue weighted by Gasteiger charge is 2.43. The highest BCUT2D eigenvalue weighted by Crippen LogP contribution is 2.35. The Morgan fingerprint density at radius 3 is 1.06 bits per heavy atom. The Morgan fingerprint density at radius 1 is 0.414 bits per heavy atom. The van der Waals surface area contributed by atoms with Crippen LogP contribution in [0.5, 0.6) is 0 Å². The Labute approximate surface area is 518 Å². The Kier molecular flexibility index (Phi) is 22.5. The molecule has 3 heterocycles. The normalized spacial score (nSPS) is 18.8. The second-order valence-electron chi connectivity index (χ2n) is 30.3. The molecule has 3 saturated heterocycles. The number of carbonyl (C=O) groups excluding carboxylic acids is 7. The molecule has 6 rings (SSSR count). The van der Waals surface area contributed by atoms with Gasteiger partial charge in [-0.3, -0.25) is 19.2 Å². The lowest BCUT2D eigenvalue weighted by molar-refractivity contribution is -0.163. The Balaban J connectivity index is 1.31. The second-order valence-corrected chi connectivity index (χ2v) is 30.3. The van der Waals surface area contributed by atoms with Gasteiger partial charge >= 0.3 is 36.2 Å². The quantitative estimate of drug-likeness (QED) is 0.0865. The number of carbonyl (C=O) groups is 7. The number of hydrogen-bond acceptors (Lipinski definition) is 13. The molecular weight excluding hydrogens is 1100 g/mol. The fourth-order valence-corrected chi connectivity index (χ4v) is 11.6. The van der Waals surface area contributed by atoms with E-state index in [0.29, 0.717) is 89.9 Å². The third kappa shape index (κ3) is 22.5. The van der Waals surface area contributed by atoms with Gasteiger partial charge in [-0.1, -0.05) is 60.7 Å². The van der Waals surface area contributed by atoms with Crippen molar-refractivity contribution in [3.8, 4) is 0 Å². The van der Waals surface area contributed by atoms with E-state index in [9.17, 15) is 28.8 Å². The molecule has 6 atom stereocenters. The standard InChI is InChI=1S/C70H102N4O13/c1-65(2,3)82-59(76)55(52-29-33-72(43-52)62(79)85-68(10,11)12)39-47-23-19-22-46(36-47)28-32-71(42-50-26-20-24-48(37-50)40-56(60(77)83-66(4,5)6)53-30-34-73(44-53)63(80)86-69(13,14)15)58(75)51-27-21-25-49(38-51)41-57(61(78)84-67(7,8)9)54-31-35-74(45-54)64(81)87-70(16,17)18/h19-27,36-38,52-57H,28-35,39-45H2,1-18H3/t52-,53-,54-,55-,56-,57-/m0/s1. The van der Waals surface area contributed by atoms with Gasteiger partial charge in [-0.25, -0.2) is 14.4 Å². The molecule has 17 heteroatoms. The molecule has 0 unspecified atom stereocenters. The zero-order chi connectivity index (χ0) is 64.6. The summed E-state index contributed by atoms with van der Waals surface area (Å²) >= 11 is 0. The van der Waals surface area contributed by atoms with Gasteiger partial charge in [0, 0.05) is 57.9 Å². The van der Waals surface area contributed by atoms with E-state index >= 15 is 4.79 Å². The average molecular weight is 1210 g/mol. The summed E-state index contributed by atoms with van der Waals surface area (Å²) in [6, 6.07) is 23.4. The molecule has 0 radical (unpaired) electrons. The maximum absolute atomic E-state index is 15.3. The number of amides is 4. The summed E-state index contributed by atoms with van der Waals surface area (Å²) in [4.78, 5) is 104. The van der Waals surface area contributed by atoms with Gasteiger partial charge in [-0.05, 0) is 227 Å². The lowest BCUT2D eigenvalue weighted by Crippen LogP contribution is -2.38. The summed E-state index contributed by atoms with van der Waals surface area (Å²) in [5, 5.41) is 0. The minimum absolute atomic E-state index is 0.162. The maximum atomic E-state index is 15.3. The number of esters is 3. The minimum Gasteiger partial charge on any atom is -0.460 e. The van der Waals surface area contributed by atoms with Crippen molar-refractivity contribution in [3.63, 3.8) is 0 Å². The molecule has 0 N–H and O–H groups in total. The molecule has 3 aromatic rings. The van der Waals surface area contributed by atoms with Crippen LogP contribution in [-0.4, -0.2) is 141 Å². The van der Waals surface area contributed by atoms with Crippen molar-refractivity contribution in [3.05, 3.63) is 106 Å². The molecular formula is C70H102N4O13. The summed E-state index contributed by atoms with van der Waals surface area (Å²) < 4.78 is 35.2. The Bertz CT molecular complexity index is 2900. The van der Waals surface area contributed by atoms with Crippen LogP contribution < -0.4 is 0 Å². The van der Waals surface area contributed by atoms with E-state index in [1.54, 1.807) is 20.8 Å². The van der Waals surface area contributed by atoms with E-state index in [2.05, 4.69) is 6.07 Å². The zero-order valence-electron chi connectivity index (χ0n) is 55.6. The summed E-state index contributed by atoms with van der Waals surface area (Å²) in [5.41, 5.74) is 0.548. The molecule has 0 spiro atoms. The topological polar surface area (TPSA) is 188 Å². The fourth-order valence-electron chi connectivity index (χ4n) is 11.6. The van der Waals surface area contributed by atoms with Crippen molar-refractivity contribution >= 4 is 42.1 Å². The van der Waals surface area contributed by atoms with E-state index in [1.807, 2.05) is 190 Å². The van der Waals surface area contributed by atoms with E-state index in [-0.39, 0.29) is 54.5 Å². The maximum Gasteiger partial charge on any atom is 0.410 e. The predicted molar refractivity (Wildman–Crippen MR) is 335 cm³/mol. The highest BCUT2D eigenvalue weighted by molar-refractivity contribution is 5.94. The molecule has 0 aliphatic carbocycles. The van der Waals surface area contributed by atoms with Gasteiger partial charge < -0.3 is 48.0 Å². The van der Waals surface area contributed by atoms with Crippen molar-refractivity contribution in [2.45, 2.75) is 210 Å². The van der Waals surface area contributed by atoms with Crippen molar-refractivity contribution in [1.29, 1.82) is 0 Å². The number of ether oxygens (including phenoxy) is 6. The van der Waals surface area contributed by atoms with Crippen LogP contribution in [0.1, 0.15) is 182 Å². The van der Waals surface area contributed by atoms with Gasteiger partial charge in [0.1, 0.15) is 33.6 Å². The SMILES string of the molecule is CC(C)(C)OC(=O)[C@@H](Cc1cccc(CCN(Cc2cccc(C[C@H](C(=O)OC(C)(C)C)[C@H]3CCN(C(=O)OC(C)(C)C)C3)c2)C(=O)c2cccc(C[C@H](C(=O)OC(C)(C)C)[C@H]3CCN(C(=O)OC(C)(C)C)C3)c2)c1)[C@H]1CCN(C(=O)OC(C)(C)C)C1. The predicted octanol–water partition coefficient (Wildman–Crippen LogP) is 12.8. The molecule has 4 amide bonds. The van der Waals surface area contributed by atoms with Crippen LogP contribution in [0.15, 0.2) is 72.8 Å². The van der Waals surface area contributed by atoms with E-state index < -0.39 is 69.6 Å². The van der Waals surface area contributed by atoms with Crippen molar-refractivity contribution in [2.24, 2.45) is 35.5 Å². The highest BCUT2D eigenvalue weighted by atomic mass is 16.6. The molecule has 3 fully saturated rings. The second kappa shape index (κ2) is 28.2. The van der Waals surface area contributed by atoms with E-state index in [0.717, 1.165) is 27.8 Å². The number of rotatable bonds is 18. The van der Waals surface area contributed by atoms with Gasteiger partial charge in [-0.15, -0.1) is 0 Å². The largest absolute Gasteiger partial charge is 0.460 e. The number of benzene rings is 3. The zero-order valence-corrected chi connectivity index (χ0v) is 55.6. The van der Waals surface area contributed by atoms with Crippen LogP contribution in [-0.2, 0) is 75.0 Å². The first-order valence-electron chi connectivity index (χ1n) is 31.3. The van der Waals surface area contributed by atoms with Gasteiger partial charge in [-0.2, -0.15) is 0 Å². The van der Waals surface area contributed by atoms with Gasteiger partial charge in [0.15, 0.2) is 0 Å². The molecule has 0 aromatic heterocycles. The monoisotopic (exact) mass is 1210 g/mol. The molecule has 87 heavy (non-hydrogen) atoms. The minimum atomic E-state index is -0.759. The van der Waals surface area contributed by atoms with Crippen molar-refractivity contribution < 1.29 is 62.0 Å². The summed E-state index contributed by atoms with van der Waals surface area (Å²) in [7, 11) is 0. The smallest absolute Gasteiger partial charge is 0.410 e. The molecule has 3 aliphatic heterocycles. The lowest BCUT2D eigenvalue weighted by atomic mass is 9.85. The molecule has 480 valence electrons. The molecule has 3 aliphatic rings. The molecule has 0 saturated carbocycles. The van der Waals surface area contributed by atoms with Gasteiger partial charge in [0.05, 0.1) is 17.8 Å². The van der Waals surface area contributed by atoms with Crippen LogP contribution in [0.25, 0.3) is 0 Å². The number of likely N-dealkylation sites (tertiary alicyclic amines) is 3.